The summed E-state index contributed by atoms with van der Waals surface area (Å²) in [4.78, 5) is 18.4. The molecule has 0 aliphatic rings. The van der Waals surface area contributed by atoms with Crippen molar-refractivity contribution in [2.24, 2.45) is 0 Å². The topological polar surface area (TPSA) is 46.8 Å². The summed E-state index contributed by atoms with van der Waals surface area (Å²) >= 11 is 0. The summed E-state index contributed by atoms with van der Waals surface area (Å²) in [6.07, 6.45) is 4.14. The lowest BCUT2D eigenvalue weighted by Crippen LogP contribution is -2.12. The van der Waals surface area contributed by atoms with Crippen molar-refractivity contribution in [2.45, 2.75) is 6.92 Å². The molecule has 12 rings (SSSR count). The zero-order chi connectivity index (χ0) is 49.1. The molecule has 0 bridgehead atoms. The Balaban J connectivity index is 1.08. The smallest absolute Gasteiger partial charge is 0.238 e. The second-order valence-corrected chi connectivity index (χ2v) is 18.1. The van der Waals surface area contributed by atoms with Gasteiger partial charge in [0.15, 0.2) is 11.6 Å². The number of nitrogens with zero attached hydrogens (tertiary/aromatic N) is 5. The van der Waals surface area contributed by atoms with Crippen LogP contribution >= 0.6 is 0 Å². The highest BCUT2D eigenvalue weighted by molar-refractivity contribution is 5.98. The molecule has 0 spiro atoms. The Morgan fingerprint density at radius 2 is 0.945 bits per heavy atom. The fourth-order valence-corrected chi connectivity index (χ4v) is 9.91. The van der Waals surface area contributed by atoms with Crippen LogP contribution in [0.2, 0.25) is 0 Å². The number of allylic oxidation sites excluding steroid dienone is 2. The molecule has 0 amide bonds. The van der Waals surface area contributed by atoms with Crippen molar-refractivity contribution in [3.05, 3.63) is 284 Å². The van der Waals surface area contributed by atoms with Crippen LogP contribution in [-0.2, 0) is 0 Å². The van der Waals surface area contributed by atoms with Gasteiger partial charge in [-0.05, 0) is 105 Å². The van der Waals surface area contributed by atoms with Gasteiger partial charge in [0.25, 0.3) is 0 Å². The molecule has 73 heavy (non-hydrogen) atoms. The van der Waals surface area contributed by atoms with Crippen molar-refractivity contribution in [3.63, 3.8) is 0 Å². The molecule has 0 saturated heterocycles. The van der Waals surface area contributed by atoms with Crippen molar-refractivity contribution in [1.29, 1.82) is 0 Å². The summed E-state index contributed by atoms with van der Waals surface area (Å²) in [7, 11) is 0. The van der Waals surface area contributed by atoms with E-state index in [1.54, 1.807) is 0 Å². The third-order valence-corrected chi connectivity index (χ3v) is 13.7. The first-order valence-electron chi connectivity index (χ1n) is 24.6. The zero-order valence-electron chi connectivity index (χ0n) is 40.3. The predicted octanol–water partition coefficient (Wildman–Crippen LogP) is 17.8. The lowest BCUT2D eigenvalue weighted by molar-refractivity contribution is 0.923. The normalized spacial score (nSPS) is 11.5. The lowest BCUT2D eigenvalue weighted by Gasteiger charge is -2.28. The molecular formula is C68H49N5. The average molecular weight is 936 g/mol. The van der Waals surface area contributed by atoms with Gasteiger partial charge < -0.3 is 4.90 Å². The van der Waals surface area contributed by atoms with Crippen LogP contribution in [-0.4, -0.2) is 19.5 Å². The summed E-state index contributed by atoms with van der Waals surface area (Å²) in [5.41, 5.74) is 16.7. The Morgan fingerprint density at radius 1 is 0.438 bits per heavy atom. The molecule has 346 valence electrons. The van der Waals surface area contributed by atoms with E-state index in [0.717, 1.165) is 89.3 Å². The summed E-state index contributed by atoms with van der Waals surface area (Å²) in [5.74, 6) is 1.65. The van der Waals surface area contributed by atoms with Gasteiger partial charge in [0.2, 0.25) is 5.95 Å². The molecule has 0 atom stereocenters. The van der Waals surface area contributed by atoms with Crippen molar-refractivity contribution in [1.82, 2.24) is 19.5 Å². The van der Waals surface area contributed by atoms with Crippen LogP contribution in [0.4, 0.5) is 17.1 Å². The fraction of sp³-hybridized carbons (Fsp3) is 0.0147. The van der Waals surface area contributed by atoms with Gasteiger partial charge in [0.1, 0.15) is 0 Å². The van der Waals surface area contributed by atoms with Gasteiger partial charge in [-0.3, -0.25) is 4.57 Å². The van der Waals surface area contributed by atoms with E-state index in [2.05, 4.69) is 260 Å². The molecule has 12 aromatic rings. The SMILES string of the molecule is C=C/C(=C\c1c(C)c2ccc(N(c3ccc(-c4ccccc4)cc3)c3ccccc3-c3ccccc3)cc2n1-c1nc(-c2ccccc2)nc(-c2ccc(-c3ccc4ccccc4c3)cc2)n1)c1ccccc1. The molecule has 5 heteroatoms. The van der Waals surface area contributed by atoms with E-state index in [-0.39, 0.29) is 0 Å². The molecule has 10 aromatic carbocycles. The van der Waals surface area contributed by atoms with E-state index in [9.17, 15) is 0 Å². The van der Waals surface area contributed by atoms with Gasteiger partial charge in [0.05, 0.1) is 16.9 Å². The van der Waals surface area contributed by atoms with Crippen LogP contribution in [0.3, 0.4) is 0 Å². The number of hydrogen-bond acceptors (Lipinski definition) is 4. The van der Waals surface area contributed by atoms with Crippen molar-refractivity contribution < 1.29 is 0 Å². The second kappa shape index (κ2) is 19.6. The average Bonchev–Trinajstić information content (AvgIpc) is 3.74. The summed E-state index contributed by atoms with van der Waals surface area (Å²) in [6, 6.07) is 89.6. The quantitative estimate of drug-likeness (QED) is 0.115. The largest absolute Gasteiger partial charge is 0.310 e. The Hall–Kier alpha value is -9.71. The minimum Gasteiger partial charge on any atom is -0.310 e. The number of para-hydroxylation sites is 1. The highest BCUT2D eigenvalue weighted by Gasteiger charge is 2.23. The Bertz CT molecular complexity index is 3960. The third kappa shape index (κ3) is 8.81. The number of rotatable bonds is 12. The fourth-order valence-electron chi connectivity index (χ4n) is 9.91. The molecule has 2 heterocycles. The number of aryl methyl sites for hydroxylation is 1. The number of fused-ring (bicyclic) bond motifs is 2. The van der Waals surface area contributed by atoms with E-state index in [4.69, 9.17) is 15.0 Å². The maximum absolute atomic E-state index is 5.43. The van der Waals surface area contributed by atoms with Gasteiger partial charge in [-0.15, -0.1) is 0 Å². The van der Waals surface area contributed by atoms with Crippen LogP contribution < -0.4 is 4.90 Å². The maximum Gasteiger partial charge on any atom is 0.238 e. The summed E-state index contributed by atoms with van der Waals surface area (Å²) in [5, 5.41) is 3.50. The Kier molecular flexibility index (Phi) is 11.9. The molecule has 0 fully saturated rings. The van der Waals surface area contributed by atoms with E-state index in [1.807, 2.05) is 30.3 Å². The molecule has 5 nitrogen and oxygen atoms in total. The molecule has 0 N–H and O–H groups in total. The number of anilines is 3. The van der Waals surface area contributed by atoms with Crippen LogP contribution in [0.15, 0.2) is 267 Å². The molecule has 0 aliphatic heterocycles. The van der Waals surface area contributed by atoms with E-state index < -0.39 is 0 Å². The lowest BCUT2D eigenvalue weighted by atomic mass is 10.0. The van der Waals surface area contributed by atoms with Gasteiger partial charge in [-0.1, -0.05) is 231 Å². The minimum atomic E-state index is 0.504. The van der Waals surface area contributed by atoms with E-state index in [0.29, 0.717) is 17.6 Å². The standard InChI is InChI=1S/C68H49N5/c1-3-48(49-20-8-4-9-21-49)45-64-47(2)61-43-42-60(72(59-40-38-52(39-41-59)50-22-10-5-11-23-50)63-31-19-18-30-62(63)54-25-12-6-13-26-54)46-65(61)73(64)68-70-66(55-27-14-7-15-28-55)69-67(71-68)56-35-32-53(33-36-56)58-37-34-51-24-16-17-29-57(51)44-58/h3-46H,1H2,2H3/b48-45+. The van der Waals surface area contributed by atoms with Gasteiger partial charge >= 0.3 is 0 Å². The highest BCUT2D eigenvalue weighted by Crippen LogP contribution is 2.44. The monoisotopic (exact) mass is 935 g/mol. The van der Waals surface area contributed by atoms with Gasteiger partial charge in [-0.2, -0.15) is 9.97 Å². The van der Waals surface area contributed by atoms with Gasteiger partial charge in [0, 0.05) is 33.5 Å². The molecule has 0 radical (unpaired) electrons. The number of hydrogen-bond donors (Lipinski definition) is 0. The zero-order valence-corrected chi connectivity index (χ0v) is 40.3. The summed E-state index contributed by atoms with van der Waals surface area (Å²) in [6.45, 7) is 6.50. The van der Waals surface area contributed by atoms with E-state index in [1.165, 1.54) is 16.3 Å². The second-order valence-electron chi connectivity index (χ2n) is 18.1. The van der Waals surface area contributed by atoms with Crippen LogP contribution in [0.25, 0.3) is 95.4 Å². The predicted molar refractivity (Wildman–Crippen MR) is 305 cm³/mol. The molecular weight excluding hydrogens is 887 g/mol. The maximum atomic E-state index is 5.43. The van der Waals surface area contributed by atoms with Gasteiger partial charge in [-0.25, -0.2) is 4.98 Å². The van der Waals surface area contributed by atoms with E-state index >= 15 is 0 Å². The first-order chi connectivity index (χ1) is 36.1. The van der Waals surface area contributed by atoms with Crippen LogP contribution in [0.5, 0.6) is 0 Å². The Morgan fingerprint density at radius 3 is 1.63 bits per heavy atom. The highest BCUT2D eigenvalue weighted by atomic mass is 15.2. The number of benzene rings is 10. The Labute approximate surface area is 426 Å². The molecule has 0 saturated carbocycles. The number of aromatic nitrogens is 4. The van der Waals surface area contributed by atoms with Crippen LogP contribution in [0, 0.1) is 6.92 Å². The minimum absolute atomic E-state index is 0.504. The van der Waals surface area contributed by atoms with Crippen LogP contribution in [0.1, 0.15) is 16.8 Å². The molecule has 0 aliphatic carbocycles. The molecule has 0 unspecified atom stereocenters. The van der Waals surface area contributed by atoms with Crippen molar-refractivity contribution in [2.75, 3.05) is 4.90 Å². The van der Waals surface area contributed by atoms with Crippen molar-refractivity contribution >= 4 is 50.4 Å². The summed E-state index contributed by atoms with van der Waals surface area (Å²) < 4.78 is 2.21. The van der Waals surface area contributed by atoms with Crippen molar-refractivity contribution in [3.8, 4) is 62.1 Å². The third-order valence-electron chi connectivity index (χ3n) is 13.7. The first kappa shape index (κ1) is 44.5. The molecule has 2 aromatic heterocycles. The first-order valence-corrected chi connectivity index (χ1v) is 24.6.